The third-order valence-corrected chi connectivity index (χ3v) is 1.21. The van der Waals surface area contributed by atoms with Gasteiger partial charge in [0.05, 0.1) is 0 Å². The zero-order valence-electron chi connectivity index (χ0n) is 7.27. The van der Waals surface area contributed by atoms with Crippen LogP contribution in [0.5, 0.6) is 0 Å². The van der Waals surface area contributed by atoms with E-state index >= 15 is 0 Å². The van der Waals surface area contributed by atoms with E-state index in [1.807, 2.05) is 60.7 Å². The van der Waals surface area contributed by atoms with Crippen molar-refractivity contribution in [2.45, 2.75) is 0 Å². The molecule has 2 aromatic rings. The number of benzene rings is 2. The summed E-state index contributed by atoms with van der Waals surface area (Å²) >= 11 is 0. The van der Waals surface area contributed by atoms with Gasteiger partial charge in [0.2, 0.25) is 0 Å². The van der Waals surface area contributed by atoms with Crippen molar-refractivity contribution in [2.75, 3.05) is 0 Å². The molecule has 0 heterocycles. The molecule has 2 aromatic carbocycles. The van der Waals surface area contributed by atoms with Crippen molar-refractivity contribution in [1.29, 1.82) is 0 Å². The molecule has 0 fully saturated rings. The summed E-state index contributed by atoms with van der Waals surface area (Å²) in [7, 11) is 0. The van der Waals surface area contributed by atoms with Gasteiger partial charge in [-0.3, -0.25) is 0 Å². The van der Waals surface area contributed by atoms with Crippen LogP contribution in [0.1, 0.15) is 0 Å². The third-order valence-electron chi connectivity index (χ3n) is 1.21. The molecule has 0 atom stereocenters. The minimum atomic E-state index is 0. The average Bonchev–Trinajstić information content (AvgIpc) is 2.24. The Balaban J connectivity index is 0.000000206. The van der Waals surface area contributed by atoms with Crippen LogP contribution in [0.25, 0.3) is 0 Å². The fourth-order valence-corrected chi connectivity index (χ4v) is 0.684. The zero-order valence-corrected chi connectivity index (χ0v) is 11.4. The summed E-state index contributed by atoms with van der Waals surface area (Å²) in [5.41, 5.74) is 0. The first kappa shape index (κ1) is 12.5. The summed E-state index contributed by atoms with van der Waals surface area (Å²) in [6, 6.07) is 25.0. The van der Waals surface area contributed by atoms with Gasteiger partial charge in [-0.25, -0.2) is 0 Å². The molecule has 0 N–H and O–H groups in total. The van der Waals surface area contributed by atoms with Crippen LogP contribution in [-0.4, -0.2) is 0 Å². The number of hydrogen-bond donors (Lipinski definition) is 0. The van der Waals surface area contributed by atoms with Gasteiger partial charge in [-0.1, -0.05) is 0 Å². The predicted molar refractivity (Wildman–Crippen MR) is 50.6 cm³/mol. The Kier molecular flexibility index (Phi) is 9.20. The van der Waals surface area contributed by atoms with Gasteiger partial charge in [0, 0.05) is 0 Å². The Morgan fingerprint density at radius 1 is 0.462 bits per heavy atom. The van der Waals surface area contributed by atoms with E-state index in [2.05, 4.69) is 12.1 Å². The molecule has 2 rings (SSSR count). The molecular weight excluding hydrogens is 382 g/mol. The molecule has 13 heavy (non-hydrogen) atoms. The van der Waals surface area contributed by atoms with Gasteiger partial charge in [0.1, 0.15) is 0 Å². The molecule has 62 valence electrons. The minimum absolute atomic E-state index is 0. The number of hydrogen-bond acceptors (Lipinski definition) is 0. The smallest absolute Gasteiger partial charge is 0.184 e. The molecule has 0 bridgehead atoms. The monoisotopic (exact) mass is 392 g/mol. The van der Waals surface area contributed by atoms with Crippen LogP contribution in [0, 0.1) is 43.2 Å². The van der Waals surface area contributed by atoms with E-state index in [0.29, 0.717) is 0 Å². The molecular formula is C12H10U. The molecule has 0 aliphatic carbocycles. The molecule has 0 amide bonds. The normalized spacial score (nSPS) is 7.38. The Labute approximate surface area is 103 Å². The molecule has 0 aromatic heterocycles. The molecule has 1 heteroatoms. The van der Waals surface area contributed by atoms with Gasteiger partial charge in [0.15, 0.2) is 0 Å². The molecule has 0 radical (unpaired) electrons. The predicted octanol–water partition coefficient (Wildman–Crippen LogP) is 2.97. The van der Waals surface area contributed by atoms with Crippen LogP contribution in [0.15, 0.2) is 60.7 Å². The molecule has 0 aliphatic heterocycles. The second-order valence-electron chi connectivity index (χ2n) is 2.15. The van der Waals surface area contributed by atoms with Crippen LogP contribution < -0.4 is 0 Å². The quantitative estimate of drug-likeness (QED) is 0.605. The van der Waals surface area contributed by atoms with E-state index in [4.69, 9.17) is 0 Å². The van der Waals surface area contributed by atoms with Gasteiger partial charge in [-0.05, 0) is 0 Å². The molecule has 0 nitrogen and oxygen atoms in total. The van der Waals surface area contributed by atoms with Gasteiger partial charge < -0.3 is 0 Å². The molecule has 0 saturated heterocycles. The van der Waals surface area contributed by atoms with Gasteiger partial charge in [0.25, 0.3) is 0 Å². The molecule has 0 spiro atoms. The van der Waals surface area contributed by atoms with Crippen molar-refractivity contribution in [1.82, 2.24) is 0 Å². The van der Waals surface area contributed by atoms with Crippen molar-refractivity contribution in [3.8, 4) is 0 Å². The maximum atomic E-state index is 2.89. The van der Waals surface area contributed by atoms with E-state index < -0.39 is 0 Å². The van der Waals surface area contributed by atoms with Crippen molar-refractivity contribution < 1.29 is 31.1 Å². The summed E-state index contributed by atoms with van der Waals surface area (Å²) in [4.78, 5) is 0. The first-order chi connectivity index (χ1) is 6.00. The van der Waals surface area contributed by atoms with E-state index in [1.54, 1.807) is 0 Å². The summed E-state index contributed by atoms with van der Waals surface area (Å²) in [6.07, 6.45) is 0. The summed E-state index contributed by atoms with van der Waals surface area (Å²) in [6.45, 7) is 0. The summed E-state index contributed by atoms with van der Waals surface area (Å²) in [5, 5.41) is 0. The third kappa shape index (κ3) is 7.84. The average molecular weight is 392 g/mol. The second kappa shape index (κ2) is 9.58. The number of rotatable bonds is 0. The molecule has 0 aliphatic rings. The SMILES string of the molecule is [U+2].[c-]1ccccc1.[c-]1ccccc1. The maximum Gasteiger partial charge on any atom is 2.00 e. The van der Waals surface area contributed by atoms with Crippen molar-refractivity contribution in [3.05, 3.63) is 72.8 Å². The zero-order chi connectivity index (χ0) is 8.49. The van der Waals surface area contributed by atoms with Crippen LogP contribution >= 0.6 is 0 Å². The van der Waals surface area contributed by atoms with Crippen molar-refractivity contribution >= 4 is 0 Å². The van der Waals surface area contributed by atoms with Crippen LogP contribution in [0.4, 0.5) is 0 Å². The van der Waals surface area contributed by atoms with E-state index in [9.17, 15) is 0 Å². The Morgan fingerprint density at radius 2 is 0.769 bits per heavy atom. The maximum absolute atomic E-state index is 2.89. The fraction of sp³-hybridized carbons (Fsp3) is 0. The van der Waals surface area contributed by atoms with Gasteiger partial charge in [-0.15, -0.1) is 0 Å². The van der Waals surface area contributed by atoms with Crippen molar-refractivity contribution in [3.63, 3.8) is 0 Å². The van der Waals surface area contributed by atoms with Gasteiger partial charge >= 0.3 is 31.1 Å². The minimum Gasteiger partial charge on any atom is -0.184 e. The Bertz CT molecular complexity index is 181. The molecule has 0 unspecified atom stereocenters. The summed E-state index contributed by atoms with van der Waals surface area (Å²) < 4.78 is 0. The van der Waals surface area contributed by atoms with E-state index in [-0.39, 0.29) is 31.1 Å². The van der Waals surface area contributed by atoms with Gasteiger partial charge in [-0.2, -0.15) is 72.8 Å². The van der Waals surface area contributed by atoms with Crippen molar-refractivity contribution in [2.24, 2.45) is 0 Å². The molecule has 0 saturated carbocycles. The van der Waals surface area contributed by atoms with Crippen LogP contribution in [-0.2, 0) is 0 Å². The largest absolute Gasteiger partial charge is 2.00 e. The second-order valence-corrected chi connectivity index (χ2v) is 2.15. The fourth-order valence-electron chi connectivity index (χ4n) is 0.684. The van der Waals surface area contributed by atoms with Crippen LogP contribution in [0.3, 0.4) is 0 Å². The topological polar surface area (TPSA) is 0 Å². The van der Waals surface area contributed by atoms with Crippen LogP contribution in [0.2, 0.25) is 0 Å². The standard InChI is InChI=1S/2C6H5.U/c2*1-2-4-6-5-3-1;/h2*1-5H;/q2*-1;+2. The van der Waals surface area contributed by atoms with E-state index in [0.717, 1.165) is 0 Å². The Hall–Kier alpha value is -0.508. The first-order valence-electron chi connectivity index (χ1n) is 3.82. The summed E-state index contributed by atoms with van der Waals surface area (Å²) in [5.74, 6) is 0. The first-order valence-corrected chi connectivity index (χ1v) is 3.82. The van der Waals surface area contributed by atoms with E-state index in [1.165, 1.54) is 0 Å². The Morgan fingerprint density at radius 3 is 0.846 bits per heavy atom.